The topological polar surface area (TPSA) is 48.0 Å². The molecule has 1 aromatic heterocycles. The van der Waals surface area contributed by atoms with E-state index in [4.69, 9.17) is 5.73 Å². The first-order valence-corrected chi connectivity index (χ1v) is 5.57. The molecule has 1 heterocycles. The van der Waals surface area contributed by atoms with Crippen molar-refractivity contribution in [2.75, 3.05) is 5.73 Å². The molecule has 3 heteroatoms. The summed E-state index contributed by atoms with van der Waals surface area (Å²) in [5.74, 6) is 1.11. The molecule has 0 bridgehead atoms. The van der Waals surface area contributed by atoms with E-state index in [0.717, 1.165) is 6.54 Å². The summed E-state index contributed by atoms with van der Waals surface area (Å²) in [6.07, 6.45) is 4.45. The average molecular weight is 206 g/mol. The summed E-state index contributed by atoms with van der Waals surface area (Å²) in [6.45, 7) is 4.96. The number of pyridine rings is 1. The molecule has 0 spiro atoms. The molecule has 0 radical (unpaired) electrons. The van der Waals surface area contributed by atoms with Crippen molar-refractivity contribution in [2.45, 2.75) is 39.2 Å². The number of anilines is 1. The first kappa shape index (κ1) is 10.3. The molecule has 1 saturated carbocycles. The van der Waals surface area contributed by atoms with E-state index in [1.54, 1.807) is 4.57 Å². The Labute approximate surface area is 89.9 Å². The molecule has 0 atom stereocenters. The van der Waals surface area contributed by atoms with Crippen molar-refractivity contribution >= 4 is 5.69 Å². The number of hydrogen-bond donors (Lipinski definition) is 1. The Morgan fingerprint density at radius 2 is 2.20 bits per heavy atom. The van der Waals surface area contributed by atoms with Crippen LogP contribution in [0, 0.1) is 5.92 Å². The second-order valence-electron chi connectivity index (χ2n) is 4.85. The second kappa shape index (κ2) is 3.72. The number of nitrogens with zero attached hydrogens (tertiary/aromatic N) is 1. The molecule has 1 aromatic rings. The molecule has 0 aromatic carbocycles. The normalized spacial score (nSPS) is 15.9. The standard InChI is InChI=1S/C12H18N2O/c1-8(2)6-14-7-10(9-3-4-9)5-11(13)12(14)15/h5,7-9H,3-4,6,13H2,1-2H3. The summed E-state index contributed by atoms with van der Waals surface area (Å²) >= 11 is 0. The van der Waals surface area contributed by atoms with Crippen molar-refractivity contribution in [3.63, 3.8) is 0 Å². The molecule has 2 N–H and O–H groups in total. The number of hydrogen-bond acceptors (Lipinski definition) is 2. The van der Waals surface area contributed by atoms with Gasteiger partial charge in [0.05, 0.1) is 5.69 Å². The minimum absolute atomic E-state index is 0.0481. The number of aromatic nitrogens is 1. The van der Waals surface area contributed by atoms with Crippen LogP contribution in [0.3, 0.4) is 0 Å². The Morgan fingerprint density at radius 3 is 2.73 bits per heavy atom. The summed E-state index contributed by atoms with van der Waals surface area (Å²) in [7, 11) is 0. The summed E-state index contributed by atoms with van der Waals surface area (Å²) in [6, 6.07) is 1.84. The maximum Gasteiger partial charge on any atom is 0.273 e. The van der Waals surface area contributed by atoms with Gasteiger partial charge in [-0.1, -0.05) is 13.8 Å². The Bertz CT molecular complexity index is 416. The molecular weight excluding hydrogens is 188 g/mol. The average Bonchev–Trinajstić information content (AvgIpc) is 2.94. The van der Waals surface area contributed by atoms with Gasteiger partial charge in [0.15, 0.2) is 0 Å². The zero-order valence-electron chi connectivity index (χ0n) is 9.36. The maximum absolute atomic E-state index is 11.7. The van der Waals surface area contributed by atoms with Gasteiger partial charge in [0.1, 0.15) is 0 Å². The van der Waals surface area contributed by atoms with Crippen LogP contribution >= 0.6 is 0 Å². The van der Waals surface area contributed by atoms with Crippen molar-refractivity contribution in [1.29, 1.82) is 0 Å². The molecule has 0 amide bonds. The lowest BCUT2D eigenvalue weighted by Gasteiger charge is -2.11. The fourth-order valence-corrected chi connectivity index (χ4v) is 1.85. The van der Waals surface area contributed by atoms with E-state index in [9.17, 15) is 4.79 Å². The Kier molecular flexibility index (Phi) is 2.55. The molecule has 0 aliphatic heterocycles. The Morgan fingerprint density at radius 1 is 1.53 bits per heavy atom. The lowest BCUT2D eigenvalue weighted by molar-refractivity contribution is 0.510. The fourth-order valence-electron chi connectivity index (χ4n) is 1.85. The predicted octanol–water partition coefficient (Wildman–Crippen LogP) is 1.96. The van der Waals surface area contributed by atoms with Crippen LogP contribution in [-0.4, -0.2) is 4.57 Å². The van der Waals surface area contributed by atoms with Crippen molar-refractivity contribution in [3.8, 4) is 0 Å². The van der Waals surface area contributed by atoms with Gasteiger partial charge in [0.25, 0.3) is 5.56 Å². The molecule has 0 unspecified atom stereocenters. The van der Waals surface area contributed by atoms with E-state index in [0.29, 0.717) is 17.5 Å². The van der Waals surface area contributed by atoms with Crippen molar-refractivity contribution in [3.05, 3.63) is 28.2 Å². The van der Waals surface area contributed by atoms with Crippen LogP contribution in [-0.2, 0) is 6.54 Å². The number of nitrogen functional groups attached to an aromatic ring is 1. The molecule has 2 rings (SSSR count). The molecule has 1 fully saturated rings. The van der Waals surface area contributed by atoms with Gasteiger partial charge in [-0.25, -0.2) is 0 Å². The summed E-state index contributed by atoms with van der Waals surface area (Å²) in [5.41, 5.74) is 7.30. The lowest BCUT2D eigenvalue weighted by Crippen LogP contribution is -2.25. The minimum Gasteiger partial charge on any atom is -0.394 e. The summed E-state index contributed by atoms with van der Waals surface area (Å²) in [5, 5.41) is 0. The molecule has 1 aliphatic rings. The monoisotopic (exact) mass is 206 g/mol. The van der Waals surface area contributed by atoms with E-state index in [2.05, 4.69) is 13.8 Å². The molecule has 1 aliphatic carbocycles. The van der Waals surface area contributed by atoms with Crippen LogP contribution in [0.4, 0.5) is 5.69 Å². The highest BCUT2D eigenvalue weighted by Gasteiger charge is 2.24. The number of nitrogens with two attached hydrogens (primary N) is 1. The van der Waals surface area contributed by atoms with Gasteiger partial charge >= 0.3 is 0 Å². The van der Waals surface area contributed by atoms with Crippen molar-refractivity contribution < 1.29 is 0 Å². The van der Waals surface area contributed by atoms with Crippen LogP contribution in [0.15, 0.2) is 17.1 Å². The van der Waals surface area contributed by atoms with Gasteiger partial charge in [0, 0.05) is 12.7 Å². The third kappa shape index (κ3) is 2.22. The van der Waals surface area contributed by atoms with E-state index in [1.807, 2.05) is 12.3 Å². The third-order valence-electron chi connectivity index (χ3n) is 2.75. The van der Waals surface area contributed by atoms with Crippen molar-refractivity contribution in [2.24, 2.45) is 5.92 Å². The van der Waals surface area contributed by atoms with E-state index < -0.39 is 0 Å². The largest absolute Gasteiger partial charge is 0.394 e. The zero-order chi connectivity index (χ0) is 11.0. The highest BCUT2D eigenvalue weighted by molar-refractivity contribution is 5.40. The first-order chi connectivity index (χ1) is 7.08. The maximum atomic E-state index is 11.7. The molecule has 0 saturated heterocycles. The van der Waals surface area contributed by atoms with E-state index >= 15 is 0 Å². The molecule has 15 heavy (non-hydrogen) atoms. The minimum atomic E-state index is -0.0481. The predicted molar refractivity (Wildman–Crippen MR) is 61.9 cm³/mol. The SMILES string of the molecule is CC(C)Cn1cc(C2CC2)cc(N)c1=O. The third-order valence-corrected chi connectivity index (χ3v) is 2.75. The van der Waals surface area contributed by atoms with Gasteiger partial charge in [-0.3, -0.25) is 4.79 Å². The highest BCUT2D eigenvalue weighted by Crippen LogP contribution is 2.40. The van der Waals surface area contributed by atoms with E-state index in [1.165, 1.54) is 18.4 Å². The van der Waals surface area contributed by atoms with Gasteiger partial charge in [-0.15, -0.1) is 0 Å². The smallest absolute Gasteiger partial charge is 0.273 e. The number of rotatable bonds is 3. The van der Waals surface area contributed by atoms with Gasteiger partial charge in [0.2, 0.25) is 0 Å². The Hall–Kier alpha value is -1.25. The zero-order valence-corrected chi connectivity index (χ0v) is 9.36. The molecular formula is C12H18N2O. The Balaban J connectivity index is 2.38. The summed E-state index contributed by atoms with van der Waals surface area (Å²) in [4.78, 5) is 11.7. The van der Waals surface area contributed by atoms with Crippen LogP contribution < -0.4 is 11.3 Å². The van der Waals surface area contributed by atoms with E-state index in [-0.39, 0.29) is 5.56 Å². The van der Waals surface area contributed by atoms with Crippen LogP contribution in [0.2, 0.25) is 0 Å². The van der Waals surface area contributed by atoms with Crippen molar-refractivity contribution in [1.82, 2.24) is 4.57 Å². The molecule has 82 valence electrons. The van der Waals surface area contributed by atoms with Crippen LogP contribution in [0.5, 0.6) is 0 Å². The lowest BCUT2D eigenvalue weighted by atomic mass is 10.1. The van der Waals surface area contributed by atoms with Gasteiger partial charge in [-0.05, 0) is 36.3 Å². The summed E-state index contributed by atoms with van der Waals surface area (Å²) < 4.78 is 1.76. The quantitative estimate of drug-likeness (QED) is 0.821. The van der Waals surface area contributed by atoms with Crippen LogP contribution in [0.25, 0.3) is 0 Å². The fraction of sp³-hybridized carbons (Fsp3) is 0.583. The highest BCUT2D eigenvalue weighted by atomic mass is 16.1. The van der Waals surface area contributed by atoms with Crippen LogP contribution in [0.1, 0.15) is 38.2 Å². The first-order valence-electron chi connectivity index (χ1n) is 5.57. The second-order valence-corrected chi connectivity index (χ2v) is 4.85. The van der Waals surface area contributed by atoms with Gasteiger partial charge in [-0.2, -0.15) is 0 Å². The molecule has 3 nitrogen and oxygen atoms in total. The van der Waals surface area contributed by atoms with Gasteiger partial charge < -0.3 is 10.3 Å².